The minimum Gasteiger partial charge on any atom is -0.382 e. The lowest BCUT2D eigenvalue weighted by molar-refractivity contribution is 0.141. The third-order valence-electron chi connectivity index (χ3n) is 1.73. The summed E-state index contributed by atoms with van der Waals surface area (Å²) in [5, 5.41) is 0. The van der Waals surface area contributed by atoms with Crippen LogP contribution in [0.5, 0.6) is 0 Å². The molecule has 0 saturated heterocycles. The van der Waals surface area contributed by atoms with Crippen LogP contribution >= 0.6 is 0 Å². The van der Waals surface area contributed by atoms with Crippen LogP contribution in [-0.4, -0.2) is 19.3 Å². The molecule has 1 unspecified atom stereocenters. The van der Waals surface area contributed by atoms with Gasteiger partial charge in [-0.25, -0.2) is 0 Å². The summed E-state index contributed by atoms with van der Waals surface area (Å²) in [4.78, 5) is 0. The van der Waals surface area contributed by atoms with Crippen LogP contribution in [0.25, 0.3) is 0 Å². The minimum absolute atomic E-state index is 0.350. The molecule has 72 valence electrons. The Bertz CT molecular complexity index is 107. The van der Waals surface area contributed by atoms with E-state index >= 15 is 0 Å². The van der Waals surface area contributed by atoms with Crippen LogP contribution in [-0.2, 0) is 4.74 Å². The van der Waals surface area contributed by atoms with E-state index in [1.165, 1.54) is 0 Å². The van der Waals surface area contributed by atoms with Crippen LogP contribution in [0.1, 0.15) is 26.2 Å². The van der Waals surface area contributed by atoms with Gasteiger partial charge in [-0.1, -0.05) is 6.08 Å². The maximum Gasteiger partial charge on any atom is 0.0466 e. The van der Waals surface area contributed by atoms with E-state index in [0.717, 1.165) is 32.5 Å². The van der Waals surface area contributed by atoms with E-state index < -0.39 is 0 Å². The molecule has 0 radical (unpaired) electrons. The molecule has 3 nitrogen and oxygen atoms in total. The van der Waals surface area contributed by atoms with E-state index in [9.17, 15) is 0 Å². The third kappa shape index (κ3) is 6.34. The average Bonchev–Trinajstić information content (AvgIpc) is 2.10. The zero-order valence-corrected chi connectivity index (χ0v) is 7.88. The van der Waals surface area contributed by atoms with Crippen molar-refractivity contribution in [1.29, 1.82) is 0 Å². The lowest BCUT2D eigenvalue weighted by Crippen LogP contribution is -2.34. The number of nitrogens with two attached hydrogens (primary N) is 1. The van der Waals surface area contributed by atoms with Crippen molar-refractivity contribution >= 4 is 0 Å². The predicted octanol–water partition coefficient (Wildman–Crippen LogP) is 1.21. The highest BCUT2D eigenvalue weighted by molar-refractivity contribution is 4.76. The van der Waals surface area contributed by atoms with Crippen molar-refractivity contribution in [1.82, 2.24) is 5.43 Å². The lowest BCUT2D eigenvalue weighted by atomic mass is 10.1. The average molecular weight is 172 g/mol. The number of rotatable bonds is 8. The molecule has 12 heavy (non-hydrogen) atoms. The van der Waals surface area contributed by atoms with Crippen molar-refractivity contribution in [3.63, 3.8) is 0 Å². The fourth-order valence-corrected chi connectivity index (χ4v) is 1.05. The second kappa shape index (κ2) is 8.71. The topological polar surface area (TPSA) is 47.3 Å². The van der Waals surface area contributed by atoms with Crippen LogP contribution in [0, 0.1) is 0 Å². The summed E-state index contributed by atoms with van der Waals surface area (Å²) in [5.74, 6) is 5.33. The molecule has 0 spiro atoms. The maximum atomic E-state index is 5.33. The van der Waals surface area contributed by atoms with E-state index in [0.29, 0.717) is 6.04 Å². The minimum atomic E-state index is 0.350. The van der Waals surface area contributed by atoms with E-state index in [-0.39, 0.29) is 0 Å². The molecule has 0 aromatic heterocycles. The monoisotopic (exact) mass is 172 g/mol. The van der Waals surface area contributed by atoms with Gasteiger partial charge in [-0.05, 0) is 26.2 Å². The van der Waals surface area contributed by atoms with Gasteiger partial charge in [0.1, 0.15) is 0 Å². The number of hydrazine groups is 1. The molecule has 0 aliphatic heterocycles. The van der Waals surface area contributed by atoms with Crippen molar-refractivity contribution in [3.05, 3.63) is 12.7 Å². The molecule has 0 saturated carbocycles. The summed E-state index contributed by atoms with van der Waals surface area (Å²) in [7, 11) is 0. The van der Waals surface area contributed by atoms with E-state index in [1.54, 1.807) is 0 Å². The van der Waals surface area contributed by atoms with Gasteiger partial charge in [0.25, 0.3) is 0 Å². The van der Waals surface area contributed by atoms with Gasteiger partial charge in [0.2, 0.25) is 0 Å². The second-order valence-corrected chi connectivity index (χ2v) is 2.73. The molecule has 3 N–H and O–H groups in total. The lowest BCUT2D eigenvalue weighted by Gasteiger charge is -2.12. The SMILES string of the molecule is C=CCC(CCCOCC)NN. The number of nitrogens with one attached hydrogen (secondary N) is 1. The summed E-state index contributed by atoms with van der Waals surface area (Å²) in [6.45, 7) is 7.29. The van der Waals surface area contributed by atoms with Gasteiger partial charge in [-0.2, -0.15) is 0 Å². The molecular formula is C9H20N2O. The first kappa shape index (κ1) is 11.6. The van der Waals surface area contributed by atoms with Gasteiger partial charge in [0.05, 0.1) is 0 Å². The molecule has 0 fully saturated rings. The highest BCUT2D eigenvalue weighted by Gasteiger charge is 2.02. The van der Waals surface area contributed by atoms with Gasteiger partial charge in [0, 0.05) is 19.3 Å². The van der Waals surface area contributed by atoms with Gasteiger partial charge >= 0.3 is 0 Å². The number of hydrogen-bond acceptors (Lipinski definition) is 3. The summed E-state index contributed by atoms with van der Waals surface area (Å²) < 4.78 is 5.21. The Morgan fingerprint density at radius 2 is 2.42 bits per heavy atom. The van der Waals surface area contributed by atoms with Crippen LogP contribution < -0.4 is 11.3 Å². The summed E-state index contributed by atoms with van der Waals surface area (Å²) >= 11 is 0. The third-order valence-corrected chi connectivity index (χ3v) is 1.73. The fraction of sp³-hybridized carbons (Fsp3) is 0.778. The maximum absolute atomic E-state index is 5.33. The molecular weight excluding hydrogens is 152 g/mol. The molecule has 0 aromatic rings. The molecule has 0 amide bonds. The Morgan fingerprint density at radius 1 is 1.67 bits per heavy atom. The standard InChI is InChI=1S/C9H20N2O/c1-3-6-9(11-10)7-5-8-12-4-2/h3,9,11H,1,4-8,10H2,2H3. The Labute approximate surface area is 74.9 Å². The van der Waals surface area contributed by atoms with Crippen molar-refractivity contribution in [2.24, 2.45) is 5.84 Å². The number of ether oxygens (including phenoxy) is 1. The van der Waals surface area contributed by atoms with Crippen molar-refractivity contribution < 1.29 is 4.74 Å². The van der Waals surface area contributed by atoms with Gasteiger partial charge in [-0.3, -0.25) is 11.3 Å². The molecule has 3 heteroatoms. The highest BCUT2D eigenvalue weighted by atomic mass is 16.5. The first-order chi connectivity index (χ1) is 5.85. The molecule has 0 rings (SSSR count). The Morgan fingerprint density at radius 3 is 2.92 bits per heavy atom. The molecule has 1 atom stereocenters. The van der Waals surface area contributed by atoms with Crippen molar-refractivity contribution in [2.45, 2.75) is 32.2 Å². The Balaban J connectivity index is 3.25. The number of hydrogen-bond donors (Lipinski definition) is 2. The molecule has 0 heterocycles. The van der Waals surface area contributed by atoms with Gasteiger partial charge in [-0.15, -0.1) is 6.58 Å². The largest absolute Gasteiger partial charge is 0.382 e. The van der Waals surface area contributed by atoms with E-state index in [4.69, 9.17) is 10.6 Å². The summed E-state index contributed by atoms with van der Waals surface area (Å²) in [6, 6.07) is 0.350. The second-order valence-electron chi connectivity index (χ2n) is 2.73. The predicted molar refractivity (Wildman–Crippen MR) is 51.7 cm³/mol. The quantitative estimate of drug-likeness (QED) is 0.250. The van der Waals surface area contributed by atoms with Crippen molar-refractivity contribution in [2.75, 3.05) is 13.2 Å². The van der Waals surface area contributed by atoms with Crippen LogP contribution in [0.3, 0.4) is 0 Å². The first-order valence-electron chi connectivity index (χ1n) is 4.49. The normalized spacial score (nSPS) is 12.8. The van der Waals surface area contributed by atoms with Gasteiger partial charge < -0.3 is 4.74 Å². The summed E-state index contributed by atoms with van der Waals surface area (Å²) in [6.07, 6.45) is 4.90. The smallest absolute Gasteiger partial charge is 0.0466 e. The Hall–Kier alpha value is -0.380. The summed E-state index contributed by atoms with van der Waals surface area (Å²) in [5.41, 5.74) is 2.75. The molecule has 0 aliphatic carbocycles. The van der Waals surface area contributed by atoms with Crippen LogP contribution in [0.4, 0.5) is 0 Å². The van der Waals surface area contributed by atoms with Gasteiger partial charge in [0.15, 0.2) is 0 Å². The zero-order valence-electron chi connectivity index (χ0n) is 7.88. The van der Waals surface area contributed by atoms with Crippen LogP contribution in [0.2, 0.25) is 0 Å². The molecule has 0 aromatic carbocycles. The van der Waals surface area contributed by atoms with E-state index in [1.807, 2.05) is 13.0 Å². The zero-order chi connectivity index (χ0) is 9.23. The Kier molecular flexibility index (Phi) is 8.44. The molecule has 0 aliphatic rings. The fourth-order valence-electron chi connectivity index (χ4n) is 1.05. The first-order valence-corrected chi connectivity index (χ1v) is 4.49. The highest BCUT2D eigenvalue weighted by Crippen LogP contribution is 2.01. The van der Waals surface area contributed by atoms with Crippen molar-refractivity contribution in [3.8, 4) is 0 Å². The van der Waals surface area contributed by atoms with E-state index in [2.05, 4.69) is 12.0 Å². The van der Waals surface area contributed by atoms with Crippen LogP contribution in [0.15, 0.2) is 12.7 Å². The molecule has 0 bridgehead atoms.